The number of nitrogens with one attached hydrogen (secondary N) is 1. The Balaban J connectivity index is 2.73. The van der Waals surface area contributed by atoms with Crippen LogP contribution in [0.15, 0.2) is 23.1 Å². The van der Waals surface area contributed by atoms with Gasteiger partial charge in [0.2, 0.25) is 5.91 Å². The third-order valence-corrected chi connectivity index (χ3v) is 3.65. The van der Waals surface area contributed by atoms with Crippen LogP contribution in [0.2, 0.25) is 5.02 Å². The summed E-state index contributed by atoms with van der Waals surface area (Å²) < 4.78 is 0. The average molecular weight is 273 g/mol. The predicted molar refractivity (Wildman–Crippen MR) is 73.4 cm³/mol. The van der Waals surface area contributed by atoms with E-state index in [-0.39, 0.29) is 11.7 Å². The molecule has 94 valence electrons. The highest BCUT2D eigenvalue weighted by Gasteiger charge is 2.08. The summed E-state index contributed by atoms with van der Waals surface area (Å²) in [6.45, 7) is 3.78. The monoisotopic (exact) mass is 272 g/mol. The molecule has 1 rings (SSSR count). The van der Waals surface area contributed by atoms with Crippen LogP contribution in [0.25, 0.3) is 0 Å². The van der Waals surface area contributed by atoms with Crippen LogP contribution < -0.4 is 11.1 Å². The quantitative estimate of drug-likeness (QED) is 0.592. The Morgan fingerprint density at radius 2 is 2.29 bits per heavy atom. The van der Waals surface area contributed by atoms with Crippen molar-refractivity contribution in [1.82, 2.24) is 5.32 Å². The van der Waals surface area contributed by atoms with Crippen molar-refractivity contribution in [1.29, 1.82) is 0 Å². The van der Waals surface area contributed by atoms with Crippen LogP contribution in [-0.4, -0.2) is 18.2 Å². The lowest BCUT2D eigenvalue weighted by molar-refractivity contribution is -0.115. The number of hydrogen-bond acceptors (Lipinski definition) is 3. The topological polar surface area (TPSA) is 55.1 Å². The summed E-state index contributed by atoms with van der Waals surface area (Å²) in [6, 6.07) is 5.70. The van der Waals surface area contributed by atoms with E-state index in [0.717, 1.165) is 28.4 Å². The second-order valence-electron chi connectivity index (χ2n) is 3.65. The molecule has 0 spiro atoms. The van der Waals surface area contributed by atoms with Crippen LogP contribution in [0.5, 0.6) is 0 Å². The van der Waals surface area contributed by atoms with E-state index in [0.29, 0.717) is 6.54 Å². The molecule has 0 unspecified atom stereocenters. The van der Waals surface area contributed by atoms with Gasteiger partial charge >= 0.3 is 0 Å². The number of amides is 1. The molecule has 5 heteroatoms. The first-order chi connectivity index (χ1) is 8.15. The minimum Gasteiger partial charge on any atom is -0.369 e. The molecule has 1 aromatic rings. The minimum absolute atomic E-state index is 0.279. The maximum absolute atomic E-state index is 10.8. The lowest BCUT2D eigenvalue weighted by Crippen LogP contribution is -2.16. The standard InChI is InChI=1S/C12H17ClN2OS/c1-2-6-15-7-9-10(13)4-3-5-11(9)17-8-12(14)16/h3-5,15H,2,6-8H2,1H3,(H2,14,16). The van der Waals surface area contributed by atoms with Gasteiger partial charge in [0.25, 0.3) is 0 Å². The van der Waals surface area contributed by atoms with Gasteiger partial charge < -0.3 is 11.1 Å². The van der Waals surface area contributed by atoms with Gasteiger partial charge in [-0.25, -0.2) is 0 Å². The van der Waals surface area contributed by atoms with Gasteiger partial charge in [0.15, 0.2) is 0 Å². The van der Waals surface area contributed by atoms with Crippen molar-refractivity contribution in [2.75, 3.05) is 12.3 Å². The minimum atomic E-state index is -0.317. The second-order valence-corrected chi connectivity index (χ2v) is 5.07. The van der Waals surface area contributed by atoms with E-state index in [1.54, 1.807) is 0 Å². The first-order valence-corrected chi connectivity index (χ1v) is 6.90. The number of halogens is 1. The molecule has 0 heterocycles. The number of thioether (sulfide) groups is 1. The summed E-state index contributed by atoms with van der Waals surface area (Å²) in [5, 5.41) is 4.03. The van der Waals surface area contributed by atoms with Crippen LogP contribution in [0.4, 0.5) is 0 Å². The van der Waals surface area contributed by atoms with Gasteiger partial charge in [-0.3, -0.25) is 4.79 Å². The van der Waals surface area contributed by atoms with Gasteiger partial charge in [-0.2, -0.15) is 0 Å². The highest BCUT2D eigenvalue weighted by Crippen LogP contribution is 2.28. The van der Waals surface area contributed by atoms with Crippen molar-refractivity contribution < 1.29 is 4.79 Å². The number of primary amides is 1. The van der Waals surface area contributed by atoms with E-state index in [1.807, 2.05) is 18.2 Å². The molecule has 1 aromatic carbocycles. The molecule has 0 aliphatic carbocycles. The summed E-state index contributed by atoms with van der Waals surface area (Å²) in [7, 11) is 0. The summed E-state index contributed by atoms with van der Waals surface area (Å²) in [6.07, 6.45) is 1.08. The van der Waals surface area contributed by atoms with Gasteiger partial charge in [-0.15, -0.1) is 11.8 Å². The fraction of sp³-hybridized carbons (Fsp3) is 0.417. The van der Waals surface area contributed by atoms with Crippen molar-refractivity contribution in [3.05, 3.63) is 28.8 Å². The van der Waals surface area contributed by atoms with Crippen LogP contribution in [0, 0.1) is 0 Å². The fourth-order valence-corrected chi connectivity index (χ4v) is 2.51. The van der Waals surface area contributed by atoms with Gasteiger partial charge in [0.05, 0.1) is 5.75 Å². The predicted octanol–water partition coefficient (Wildman–Crippen LogP) is 2.42. The molecular formula is C12H17ClN2OS. The van der Waals surface area contributed by atoms with Crippen LogP contribution >= 0.6 is 23.4 Å². The lowest BCUT2D eigenvalue weighted by atomic mass is 10.2. The Morgan fingerprint density at radius 1 is 1.53 bits per heavy atom. The molecular weight excluding hydrogens is 256 g/mol. The van der Waals surface area contributed by atoms with Crippen LogP contribution in [-0.2, 0) is 11.3 Å². The van der Waals surface area contributed by atoms with Crippen molar-refractivity contribution in [2.45, 2.75) is 24.8 Å². The molecule has 1 amide bonds. The van der Waals surface area contributed by atoms with E-state index in [2.05, 4.69) is 12.2 Å². The van der Waals surface area contributed by atoms with Crippen LogP contribution in [0.3, 0.4) is 0 Å². The number of nitrogens with two attached hydrogens (primary N) is 1. The van der Waals surface area contributed by atoms with E-state index >= 15 is 0 Å². The third-order valence-electron chi connectivity index (χ3n) is 2.17. The van der Waals surface area contributed by atoms with E-state index in [9.17, 15) is 4.79 Å². The lowest BCUT2D eigenvalue weighted by Gasteiger charge is -2.11. The Bertz CT molecular complexity index is 385. The first kappa shape index (κ1) is 14.4. The van der Waals surface area contributed by atoms with Gasteiger partial charge in [0, 0.05) is 16.5 Å². The van der Waals surface area contributed by atoms with Gasteiger partial charge in [0.1, 0.15) is 0 Å². The van der Waals surface area contributed by atoms with Crippen molar-refractivity contribution in [3.63, 3.8) is 0 Å². The van der Waals surface area contributed by atoms with Crippen molar-refractivity contribution >= 4 is 29.3 Å². The molecule has 0 aromatic heterocycles. The molecule has 0 atom stereocenters. The molecule has 0 saturated heterocycles. The fourth-order valence-electron chi connectivity index (χ4n) is 1.38. The molecule has 3 nitrogen and oxygen atoms in total. The van der Waals surface area contributed by atoms with Gasteiger partial charge in [-0.1, -0.05) is 24.6 Å². The van der Waals surface area contributed by atoms with Crippen LogP contribution in [0.1, 0.15) is 18.9 Å². The SMILES string of the molecule is CCCNCc1c(Cl)cccc1SCC(N)=O. The van der Waals surface area contributed by atoms with Gasteiger partial charge in [-0.05, 0) is 30.7 Å². The average Bonchev–Trinajstić information content (AvgIpc) is 2.29. The van der Waals surface area contributed by atoms with Crippen molar-refractivity contribution in [2.24, 2.45) is 5.73 Å². The Labute approximate surface area is 111 Å². The van der Waals surface area contributed by atoms with E-state index in [4.69, 9.17) is 17.3 Å². The van der Waals surface area contributed by atoms with E-state index in [1.165, 1.54) is 11.8 Å². The molecule has 0 aliphatic heterocycles. The van der Waals surface area contributed by atoms with Crippen molar-refractivity contribution in [3.8, 4) is 0 Å². The largest absolute Gasteiger partial charge is 0.369 e. The third kappa shape index (κ3) is 4.98. The van der Waals surface area contributed by atoms with E-state index < -0.39 is 0 Å². The normalized spacial score (nSPS) is 10.5. The maximum atomic E-state index is 10.8. The Kier molecular flexibility index (Phi) is 6.40. The summed E-state index contributed by atoms with van der Waals surface area (Å²) in [5.74, 6) is -0.0383. The first-order valence-electron chi connectivity index (χ1n) is 5.54. The number of carbonyl (C=O) groups excluding carboxylic acids is 1. The number of carbonyl (C=O) groups is 1. The summed E-state index contributed by atoms with van der Waals surface area (Å²) in [5.41, 5.74) is 6.18. The molecule has 0 radical (unpaired) electrons. The number of benzene rings is 1. The number of hydrogen-bond donors (Lipinski definition) is 2. The molecule has 17 heavy (non-hydrogen) atoms. The molecule has 0 bridgehead atoms. The maximum Gasteiger partial charge on any atom is 0.227 e. The zero-order valence-electron chi connectivity index (χ0n) is 9.83. The summed E-state index contributed by atoms with van der Waals surface area (Å²) >= 11 is 7.58. The zero-order chi connectivity index (χ0) is 12.7. The number of rotatable bonds is 7. The zero-order valence-corrected chi connectivity index (χ0v) is 11.4. The molecule has 3 N–H and O–H groups in total. The summed E-state index contributed by atoms with van der Waals surface area (Å²) in [4.78, 5) is 11.8. The Morgan fingerprint density at radius 3 is 2.94 bits per heavy atom. The molecule has 0 saturated carbocycles. The second kappa shape index (κ2) is 7.58. The molecule has 0 aliphatic rings. The highest BCUT2D eigenvalue weighted by molar-refractivity contribution is 8.00. The molecule has 0 fully saturated rings. The Hall–Kier alpha value is -0.710. The smallest absolute Gasteiger partial charge is 0.227 e. The highest BCUT2D eigenvalue weighted by atomic mass is 35.5.